The van der Waals surface area contributed by atoms with Crippen LogP contribution >= 0.6 is 0 Å². The van der Waals surface area contributed by atoms with E-state index in [-0.39, 0.29) is 18.7 Å². The quantitative estimate of drug-likeness (QED) is 0.448. The lowest BCUT2D eigenvalue weighted by Gasteiger charge is -2.13. The summed E-state index contributed by atoms with van der Waals surface area (Å²) < 4.78 is 0. The minimum atomic E-state index is -0.169. The molecule has 4 heteroatoms. The first kappa shape index (κ1) is 6.51. The van der Waals surface area contributed by atoms with E-state index in [0.717, 1.165) is 0 Å². The SMILES string of the molecule is CN1CC(=O)NC1CO. The number of amides is 1. The van der Waals surface area contributed by atoms with Crippen molar-refractivity contribution in [2.75, 3.05) is 20.2 Å². The molecule has 1 rings (SSSR count). The molecule has 52 valence electrons. The van der Waals surface area contributed by atoms with Gasteiger partial charge in [0.2, 0.25) is 5.91 Å². The smallest absolute Gasteiger partial charge is 0.235 e. The second-order valence-electron chi connectivity index (χ2n) is 2.18. The Morgan fingerprint density at radius 3 is 2.89 bits per heavy atom. The standard InChI is InChI=1S/C5H10N2O2/c1-7-2-5(9)6-4(7)3-8/h4,8H,2-3H2,1H3,(H,6,9). The second kappa shape index (κ2) is 2.33. The summed E-state index contributed by atoms with van der Waals surface area (Å²) in [7, 11) is 1.79. The molecule has 1 aliphatic rings. The summed E-state index contributed by atoms with van der Waals surface area (Å²) >= 11 is 0. The van der Waals surface area contributed by atoms with Gasteiger partial charge in [-0.25, -0.2) is 0 Å². The van der Waals surface area contributed by atoms with Crippen molar-refractivity contribution in [2.45, 2.75) is 6.17 Å². The number of carbonyl (C=O) groups is 1. The third-order valence-electron chi connectivity index (χ3n) is 1.43. The summed E-state index contributed by atoms with van der Waals surface area (Å²) in [4.78, 5) is 12.3. The van der Waals surface area contributed by atoms with Gasteiger partial charge in [0, 0.05) is 0 Å². The molecule has 1 aliphatic heterocycles. The van der Waals surface area contributed by atoms with Crippen molar-refractivity contribution in [3.05, 3.63) is 0 Å². The molecule has 1 heterocycles. The molecule has 0 bridgehead atoms. The van der Waals surface area contributed by atoms with Crippen molar-refractivity contribution in [2.24, 2.45) is 0 Å². The van der Waals surface area contributed by atoms with Crippen molar-refractivity contribution < 1.29 is 9.90 Å². The predicted octanol–water partition coefficient (Wildman–Crippen LogP) is -1.63. The van der Waals surface area contributed by atoms with Crippen LogP contribution in [0.5, 0.6) is 0 Å². The fourth-order valence-corrected chi connectivity index (χ4v) is 0.863. The molecule has 0 aromatic rings. The highest BCUT2D eigenvalue weighted by Gasteiger charge is 2.24. The highest BCUT2D eigenvalue weighted by Crippen LogP contribution is 1.97. The van der Waals surface area contributed by atoms with Crippen LogP contribution in [-0.2, 0) is 4.79 Å². The fourth-order valence-electron chi connectivity index (χ4n) is 0.863. The first-order valence-electron chi connectivity index (χ1n) is 2.84. The lowest BCUT2D eigenvalue weighted by Crippen LogP contribution is -2.36. The Balaban J connectivity index is 2.47. The van der Waals surface area contributed by atoms with Crippen molar-refractivity contribution >= 4 is 5.91 Å². The van der Waals surface area contributed by atoms with Gasteiger partial charge < -0.3 is 10.4 Å². The maximum atomic E-state index is 10.6. The van der Waals surface area contributed by atoms with E-state index >= 15 is 0 Å². The summed E-state index contributed by atoms with van der Waals surface area (Å²) in [5.74, 6) is -0.0171. The Morgan fingerprint density at radius 1 is 2.00 bits per heavy atom. The number of hydrogen-bond donors (Lipinski definition) is 2. The predicted molar refractivity (Wildman–Crippen MR) is 31.6 cm³/mol. The van der Waals surface area contributed by atoms with Crippen LogP contribution in [0.25, 0.3) is 0 Å². The highest BCUT2D eigenvalue weighted by atomic mass is 16.3. The van der Waals surface area contributed by atoms with E-state index in [1.807, 2.05) is 0 Å². The van der Waals surface area contributed by atoms with Crippen LogP contribution in [0.2, 0.25) is 0 Å². The van der Waals surface area contributed by atoms with Crippen LogP contribution in [0.15, 0.2) is 0 Å². The van der Waals surface area contributed by atoms with E-state index in [1.165, 1.54) is 0 Å². The highest BCUT2D eigenvalue weighted by molar-refractivity contribution is 5.80. The van der Waals surface area contributed by atoms with E-state index in [2.05, 4.69) is 5.32 Å². The molecule has 4 nitrogen and oxygen atoms in total. The average molecular weight is 130 g/mol. The van der Waals surface area contributed by atoms with Gasteiger partial charge in [-0.2, -0.15) is 0 Å². The Kier molecular flexibility index (Phi) is 1.68. The third kappa shape index (κ3) is 1.20. The molecule has 1 saturated heterocycles. The summed E-state index contributed by atoms with van der Waals surface area (Å²) in [6.45, 7) is 0.382. The number of hydrogen-bond acceptors (Lipinski definition) is 3. The van der Waals surface area contributed by atoms with Crippen molar-refractivity contribution in [1.29, 1.82) is 0 Å². The molecule has 1 atom stereocenters. The number of nitrogens with one attached hydrogen (secondary N) is 1. The second-order valence-corrected chi connectivity index (χ2v) is 2.18. The summed E-state index contributed by atoms with van der Waals surface area (Å²) in [6, 6.07) is 0. The van der Waals surface area contributed by atoms with E-state index in [9.17, 15) is 4.79 Å². The maximum Gasteiger partial charge on any atom is 0.235 e. The van der Waals surface area contributed by atoms with Crippen LogP contribution in [0.3, 0.4) is 0 Å². The number of aliphatic hydroxyl groups excluding tert-OH is 1. The summed E-state index contributed by atoms with van der Waals surface area (Å²) in [6.07, 6.45) is -0.169. The Labute approximate surface area is 53.5 Å². The van der Waals surface area contributed by atoms with Gasteiger partial charge in [0.25, 0.3) is 0 Å². The Hall–Kier alpha value is -0.610. The van der Waals surface area contributed by atoms with E-state index in [4.69, 9.17) is 5.11 Å². The molecule has 0 aromatic carbocycles. The molecule has 0 spiro atoms. The Morgan fingerprint density at radius 2 is 2.67 bits per heavy atom. The molecule has 2 N–H and O–H groups in total. The van der Waals surface area contributed by atoms with E-state index in [1.54, 1.807) is 11.9 Å². The molecule has 0 radical (unpaired) electrons. The van der Waals surface area contributed by atoms with Gasteiger partial charge in [-0.1, -0.05) is 0 Å². The van der Waals surface area contributed by atoms with Gasteiger partial charge >= 0.3 is 0 Å². The van der Waals surface area contributed by atoms with Crippen LogP contribution in [-0.4, -0.2) is 42.3 Å². The maximum absolute atomic E-state index is 10.6. The monoisotopic (exact) mass is 130 g/mol. The lowest BCUT2D eigenvalue weighted by molar-refractivity contribution is -0.118. The van der Waals surface area contributed by atoms with Gasteiger partial charge in [-0.05, 0) is 7.05 Å². The topological polar surface area (TPSA) is 52.6 Å². The molecule has 1 fully saturated rings. The molecule has 9 heavy (non-hydrogen) atoms. The van der Waals surface area contributed by atoms with Crippen LogP contribution in [0, 0.1) is 0 Å². The number of rotatable bonds is 1. The van der Waals surface area contributed by atoms with E-state index in [0.29, 0.717) is 6.54 Å². The van der Waals surface area contributed by atoms with Crippen LogP contribution in [0.1, 0.15) is 0 Å². The number of nitrogens with zero attached hydrogens (tertiary/aromatic N) is 1. The van der Waals surface area contributed by atoms with Crippen LogP contribution in [0.4, 0.5) is 0 Å². The van der Waals surface area contributed by atoms with Crippen LogP contribution < -0.4 is 5.32 Å². The molecule has 1 unspecified atom stereocenters. The lowest BCUT2D eigenvalue weighted by atomic mass is 10.5. The van der Waals surface area contributed by atoms with Gasteiger partial charge in [-0.15, -0.1) is 0 Å². The zero-order valence-electron chi connectivity index (χ0n) is 5.29. The zero-order valence-corrected chi connectivity index (χ0v) is 5.29. The summed E-state index contributed by atoms with van der Waals surface area (Å²) in [5.41, 5.74) is 0. The van der Waals surface area contributed by atoms with Crippen molar-refractivity contribution in [3.8, 4) is 0 Å². The molecule has 1 amide bonds. The average Bonchev–Trinajstić information content (AvgIpc) is 2.10. The number of carbonyl (C=O) groups excluding carboxylic acids is 1. The summed E-state index contributed by atoms with van der Waals surface area (Å²) in [5, 5.41) is 11.2. The minimum Gasteiger partial charge on any atom is -0.393 e. The third-order valence-corrected chi connectivity index (χ3v) is 1.43. The molecule has 0 aliphatic carbocycles. The molecule has 0 saturated carbocycles. The largest absolute Gasteiger partial charge is 0.393 e. The van der Waals surface area contributed by atoms with E-state index < -0.39 is 0 Å². The molecular formula is C5H10N2O2. The first-order valence-corrected chi connectivity index (χ1v) is 2.84. The number of likely N-dealkylation sites (N-methyl/N-ethyl adjacent to an activating group) is 1. The van der Waals surface area contributed by atoms with Crippen molar-refractivity contribution in [3.63, 3.8) is 0 Å². The van der Waals surface area contributed by atoms with Gasteiger partial charge in [0.15, 0.2) is 0 Å². The Bertz CT molecular complexity index is 126. The zero-order chi connectivity index (χ0) is 6.85. The fraction of sp³-hybridized carbons (Fsp3) is 0.800. The molecule has 0 aromatic heterocycles. The van der Waals surface area contributed by atoms with Crippen molar-refractivity contribution in [1.82, 2.24) is 10.2 Å². The minimum absolute atomic E-state index is 0.0117. The molecular weight excluding hydrogens is 120 g/mol. The van der Waals surface area contributed by atoms with Gasteiger partial charge in [0.1, 0.15) is 6.17 Å². The van der Waals surface area contributed by atoms with Gasteiger partial charge in [0.05, 0.1) is 13.2 Å². The normalized spacial score (nSPS) is 28.7. The number of aliphatic hydroxyl groups is 1. The van der Waals surface area contributed by atoms with Gasteiger partial charge in [-0.3, -0.25) is 9.69 Å². The first-order chi connectivity index (χ1) is 4.24.